The number of carbonyl (C=O) groups excluding carboxylic acids is 1. The van der Waals surface area contributed by atoms with E-state index in [1.54, 1.807) is 24.2 Å². The Labute approximate surface area is 198 Å². The molecule has 0 unspecified atom stereocenters. The first-order valence-corrected chi connectivity index (χ1v) is 11.3. The number of amides is 1. The Kier molecular flexibility index (Phi) is 5.95. The van der Waals surface area contributed by atoms with Crippen molar-refractivity contribution in [3.05, 3.63) is 84.3 Å². The molecular weight excluding hydrogens is 428 g/mol. The maximum Gasteiger partial charge on any atom is 0.276 e. The van der Waals surface area contributed by atoms with Crippen molar-refractivity contribution in [3.8, 4) is 22.7 Å². The number of carbonyl (C=O) groups is 1. The zero-order valence-electron chi connectivity index (χ0n) is 19.3. The van der Waals surface area contributed by atoms with E-state index in [4.69, 9.17) is 4.74 Å². The number of hydrogen-bond donors (Lipinski definition) is 0. The van der Waals surface area contributed by atoms with Crippen molar-refractivity contribution in [3.63, 3.8) is 0 Å². The van der Waals surface area contributed by atoms with E-state index in [0.717, 1.165) is 24.3 Å². The molecule has 3 heterocycles. The van der Waals surface area contributed by atoms with E-state index in [1.165, 1.54) is 11.3 Å². The minimum atomic E-state index is -0.121. The minimum Gasteiger partial charge on any atom is -0.497 e. The van der Waals surface area contributed by atoms with Gasteiger partial charge in [0, 0.05) is 55.9 Å². The molecule has 1 fully saturated rings. The van der Waals surface area contributed by atoms with Crippen molar-refractivity contribution in [1.29, 1.82) is 0 Å². The van der Waals surface area contributed by atoms with Crippen molar-refractivity contribution in [2.75, 3.05) is 38.2 Å². The Bertz CT molecular complexity index is 1300. The van der Waals surface area contributed by atoms with Gasteiger partial charge in [-0.15, -0.1) is 5.10 Å². The third-order valence-corrected chi connectivity index (χ3v) is 6.06. The van der Waals surface area contributed by atoms with Crippen LogP contribution in [0.15, 0.2) is 73.1 Å². The van der Waals surface area contributed by atoms with E-state index in [-0.39, 0.29) is 5.91 Å². The van der Waals surface area contributed by atoms with Gasteiger partial charge in [0.25, 0.3) is 5.91 Å². The van der Waals surface area contributed by atoms with Crippen LogP contribution in [0.5, 0.6) is 5.75 Å². The molecule has 1 amide bonds. The van der Waals surface area contributed by atoms with Crippen molar-refractivity contribution in [1.82, 2.24) is 24.9 Å². The molecule has 1 saturated heterocycles. The van der Waals surface area contributed by atoms with Crippen LogP contribution in [0.2, 0.25) is 0 Å². The van der Waals surface area contributed by atoms with Crippen molar-refractivity contribution in [2.45, 2.75) is 6.92 Å². The summed E-state index contributed by atoms with van der Waals surface area (Å²) in [4.78, 5) is 21.9. The first-order chi connectivity index (χ1) is 16.6. The van der Waals surface area contributed by atoms with Gasteiger partial charge in [-0.1, -0.05) is 23.4 Å². The molecule has 172 valence electrons. The van der Waals surface area contributed by atoms with E-state index in [9.17, 15) is 4.79 Å². The summed E-state index contributed by atoms with van der Waals surface area (Å²) in [6, 6.07) is 19.7. The summed E-state index contributed by atoms with van der Waals surface area (Å²) in [5, 5.41) is 8.69. The number of benzene rings is 2. The first-order valence-electron chi connectivity index (χ1n) is 11.3. The van der Waals surface area contributed by atoms with E-state index < -0.39 is 0 Å². The molecule has 8 nitrogen and oxygen atoms in total. The number of methoxy groups -OCH3 is 1. The summed E-state index contributed by atoms with van der Waals surface area (Å²) >= 11 is 0. The SMILES string of the molecule is COc1cccc(-n2nnc(C(=O)N3CCN(c4cccc(C)c4)CC3)c2-c2ccncc2)c1. The molecule has 0 N–H and O–H groups in total. The fraction of sp³-hybridized carbons (Fsp3) is 0.231. The molecule has 0 spiro atoms. The Balaban J connectivity index is 1.44. The number of anilines is 1. The molecule has 1 aliphatic rings. The van der Waals surface area contributed by atoms with Crippen molar-refractivity contribution in [2.24, 2.45) is 0 Å². The zero-order chi connectivity index (χ0) is 23.5. The molecule has 0 saturated carbocycles. The molecule has 0 radical (unpaired) electrons. The summed E-state index contributed by atoms with van der Waals surface area (Å²) in [6.07, 6.45) is 3.40. The molecule has 8 heteroatoms. The minimum absolute atomic E-state index is 0.121. The lowest BCUT2D eigenvalue weighted by Crippen LogP contribution is -2.49. The monoisotopic (exact) mass is 454 g/mol. The molecule has 4 aromatic rings. The summed E-state index contributed by atoms with van der Waals surface area (Å²) in [7, 11) is 1.62. The molecule has 0 aliphatic carbocycles. The second kappa shape index (κ2) is 9.35. The summed E-state index contributed by atoms with van der Waals surface area (Å²) < 4.78 is 7.06. The number of pyridine rings is 1. The number of ether oxygens (including phenoxy) is 1. The number of aromatic nitrogens is 4. The zero-order valence-corrected chi connectivity index (χ0v) is 19.3. The lowest BCUT2D eigenvalue weighted by atomic mass is 10.1. The van der Waals surface area contributed by atoms with E-state index >= 15 is 0 Å². The molecule has 34 heavy (non-hydrogen) atoms. The second-order valence-electron chi connectivity index (χ2n) is 8.25. The maximum atomic E-state index is 13.6. The molecule has 0 atom stereocenters. The molecule has 2 aromatic carbocycles. The van der Waals surface area contributed by atoms with Gasteiger partial charge in [0.2, 0.25) is 0 Å². The van der Waals surface area contributed by atoms with Gasteiger partial charge >= 0.3 is 0 Å². The average Bonchev–Trinajstić information content (AvgIpc) is 3.34. The second-order valence-corrected chi connectivity index (χ2v) is 8.25. The number of rotatable bonds is 5. The van der Waals surface area contributed by atoms with Crippen LogP contribution in [0, 0.1) is 6.92 Å². The van der Waals surface area contributed by atoms with Crippen LogP contribution in [0.25, 0.3) is 16.9 Å². The van der Waals surface area contributed by atoms with Crippen LogP contribution in [0.4, 0.5) is 5.69 Å². The van der Waals surface area contributed by atoms with Crippen LogP contribution in [0.1, 0.15) is 16.1 Å². The molecule has 0 bridgehead atoms. The predicted octanol–water partition coefficient (Wildman–Crippen LogP) is 3.61. The highest BCUT2D eigenvalue weighted by molar-refractivity contribution is 5.98. The fourth-order valence-corrected chi connectivity index (χ4v) is 4.26. The molecule has 1 aliphatic heterocycles. The van der Waals surface area contributed by atoms with Gasteiger partial charge in [-0.3, -0.25) is 9.78 Å². The normalized spacial score (nSPS) is 13.7. The number of nitrogens with zero attached hydrogens (tertiary/aromatic N) is 6. The van der Waals surface area contributed by atoms with Crippen LogP contribution in [-0.4, -0.2) is 64.1 Å². The van der Waals surface area contributed by atoms with Crippen LogP contribution >= 0.6 is 0 Å². The number of aryl methyl sites for hydroxylation is 1. The third-order valence-electron chi connectivity index (χ3n) is 6.06. The lowest BCUT2D eigenvalue weighted by Gasteiger charge is -2.36. The highest BCUT2D eigenvalue weighted by atomic mass is 16.5. The highest BCUT2D eigenvalue weighted by Gasteiger charge is 2.29. The maximum absolute atomic E-state index is 13.6. The smallest absolute Gasteiger partial charge is 0.276 e. The summed E-state index contributed by atoms with van der Waals surface area (Å²) in [6.45, 7) is 4.87. The predicted molar refractivity (Wildman–Crippen MR) is 130 cm³/mol. The Morgan fingerprint density at radius 3 is 2.38 bits per heavy atom. The van der Waals surface area contributed by atoms with E-state index in [1.807, 2.05) is 41.3 Å². The van der Waals surface area contributed by atoms with Gasteiger partial charge in [-0.2, -0.15) is 0 Å². The van der Waals surface area contributed by atoms with Crippen LogP contribution in [-0.2, 0) is 0 Å². The van der Waals surface area contributed by atoms with Gasteiger partial charge < -0.3 is 14.5 Å². The molecule has 5 rings (SSSR count). The molecular formula is C26H26N6O2. The highest BCUT2D eigenvalue weighted by Crippen LogP contribution is 2.28. The Morgan fingerprint density at radius 2 is 1.65 bits per heavy atom. The summed E-state index contributed by atoms with van der Waals surface area (Å²) in [5.74, 6) is 0.582. The standard InChI is InChI=1S/C26H26N6O2/c1-19-5-3-6-21(17-19)30-13-15-31(16-14-30)26(33)24-25(20-9-11-27-12-10-20)32(29-28-24)22-7-4-8-23(18-22)34-2/h3-12,17-18H,13-16H2,1-2H3. The average molecular weight is 455 g/mol. The van der Waals surface area contributed by atoms with Crippen molar-refractivity contribution >= 4 is 11.6 Å². The van der Waals surface area contributed by atoms with Crippen molar-refractivity contribution < 1.29 is 9.53 Å². The quantitative estimate of drug-likeness (QED) is 0.459. The largest absolute Gasteiger partial charge is 0.497 e. The topological polar surface area (TPSA) is 76.4 Å². The number of hydrogen-bond acceptors (Lipinski definition) is 6. The van der Waals surface area contributed by atoms with Gasteiger partial charge in [-0.05, 0) is 48.9 Å². The Morgan fingerprint density at radius 1 is 0.912 bits per heavy atom. The van der Waals surface area contributed by atoms with Gasteiger partial charge in [0.15, 0.2) is 5.69 Å². The van der Waals surface area contributed by atoms with Gasteiger partial charge in [-0.25, -0.2) is 4.68 Å². The van der Waals surface area contributed by atoms with Gasteiger partial charge in [0.05, 0.1) is 12.8 Å². The molecule has 2 aromatic heterocycles. The third kappa shape index (κ3) is 4.22. The van der Waals surface area contributed by atoms with E-state index in [2.05, 4.69) is 51.4 Å². The van der Waals surface area contributed by atoms with E-state index in [0.29, 0.717) is 30.2 Å². The first kappa shape index (κ1) is 21.6. The number of piperazine rings is 1. The lowest BCUT2D eigenvalue weighted by molar-refractivity contribution is 0.0741. The van der Waals surface area contributed by atoms with Crippen LogP contribution in [0.3, 0.4) is 0 Å². The Hall–Kier alpha value is -4.20. The fourth-order valence-electron chi connectivity index (χ4n) is 4.26. The van der Waals surface area contributed by atoms with Gasteiger partial charge in [0.1, 0.15) is 11.4 Å². The summed E-state index contributed by atoms with van der Waals surface area (Å²) in [5.41, 5.74) is 4.98. The van der Waals surface area contributed by atoms with Crippen LogP contribution < -0.4 is 9.64 Å².